The van der Waals surface area contributed by atoms with Crippen molar-refractivity contribution >= 4 is 11.9 Å². The van der Waals surface area contributed by atoms with Crippen LogP contribution in [0.2, 0.25) is 0 Å². The number of hydrogen-bond acceptors (Lipinski definition) is 5. The Morgan fingerprint density at radius 3 is 2.73 bits per heavy atom. The maximum atomic E-state index is 12.8. The van der Waals surface area contributed by atoms with Crippen molar-refractivity contribution in [2.24, 2.45) is 11.3 Å². The van der Waals surface area contributed by atoms with Crippen LogP contribution in [0, 0.1) is 11.3 Å². The molecule has 2 aliphatic heterocycles. The molecule has 2 aromatic rings. The molecule has 3 heterocycles. The summed E-state index contributed by atoms with van der Waals surface area (Å²) in [5, 5.41) is 9.68. The number of benzene rings is 1. The molecule has 1 amide bonds. The molecule has 4 rings (SSSR count). The molecule has 0 radical (unpaired) electrons. The van der Waals surface area contributed by atoms with E-state index in [-0.39, 0.29) is 36.7 Å². The fourth-order valence-electron chi connectivity index (χ4n) is 3.70. The third-order valence-corrected chi connectivity index (χ3v) is 5.13. The number of carbonyl (C=O) groups is 2. The lowest BCUT2D eigenvalue weighted by molar-refractivity contribution is -0.159. The zero-order chi connectivity index (χ0) is 18.1. The first-order valence-electron chi connectivity index (χ1n) is 8.52. The van der Waals surface area contributed by atoms with Crippen LogP contribution in [-0.2, 0) is 9.53 Å². The van der Waals surface area contributed by atoms with Gasteiger partial charge in [0.1, 0.15) is 11.2 Å². The van der Waals surface area contributed by atoms with Gasteiger partial charge in [-0.25, -0.2) is 0 Å². The number of ether oxygens (including phenoxy) is 2. The molecule has 0 spiro atoms. The predicted octanol–water partition coefficient (Wildman–Crippen LogP) is 2.64. The molecule has 1 aromatic heterocycles. The van der Waals surface area contributed by atoms with Crippen LogP contribution in [0.4, 0.5) is 0 Å². The highest BCUT2D eigenvalue weighted by Crippen LogP contribution is 2.42. The van der Waals surface area contributed by atoms with Gasteiger partial charge in [0.25, 0.3) is 11.9 Å². The summed E-state index contributed by atoms with van der Waals surface area (Å²) in [6, 6.07) is 12.2. The summed E-state index contributed by atoms with van der Waals surface area (Å²) in [6.45, 7) is 1.18. The maximum absolute atomic E-state index is 12.8. The quantitative estimate of drug-likeness (QED) is 0.905. The van der Waals surface area contributed by atoms with Crippen molar-refractivity contribution in [1.29, 1.82) is 0 Å². The molecule has 7 heteroatoms. The number of fused-ring (bicyclic) bond motifs is 1. The lowest BCUT2D eigenvalue weighted by Crippen LogP contribution is -2.46. The summed E-state index contributed by atoms with van der Waals surface area (Å²) in [5.74, 6) is -0.390. The zero-order valence-electron chi connectivity index (χ0n) is 14.1. The Balaban J connectivity index is 1.49. The van der Waals surface area contributed by atoms with Crippen molar-refractivity contribution in [1.82, 2.24) is 4.90 Å². The Morgan fingerprint density at radius 1 is 1.19 bits per heavy atom. The van der Waals surface area contributed by atoms with E-state index in [2.05, 4.69) is 0 Å². The number of likely N-dealkylation sites (tertiary alicyclic amines) is 1. The fraction of sp³-hybridized carbons (Fsp3) is 0.368. The van der Waals surface area contributed by atoms with Crippen LogP contribution < -0.4 is 4.74 Å². The maximum Gasteiger partial charge on any atom is 0.314 e. The van der Waals surface area contributed by atoms with E-state index in [0.29, 0.717) is 25.3 Å². The highest BCUT2D eigenvalue weighted by Gasteiger charge is 2.55. The van der Waals surface area contributed by atoms with E-state index < -0.39 is 11.4 Å². The molecule has 2 saturated heterocycles. The van der Waals surface area contributed by atoms with Crippen molar-refractivity contribution in [3.63, 3.8) is 0 Å². The Morgan fingerprint density at radius 2 is 2.00 bits per heavy atom. The van der Waals surface area contributed by atoms with Crippen LogP contribution in [0.1, 0.15) is 17.0 Å². The molecule has 0 saturated carbocycles. The number of rotatable bonds is 4. The lowest BCUT2D eigenvalue weighted by Gasteiger charge is -2.33. The number of carboxylic acid groups (broad SMARTS) is 1. The lowest BCUT2D eigenvalue weighted by atomic mass is 9.76. The molecule has 0 unspecified atom stereocenters. The molecule has 2 fully saturated rings. The van der Waals surface area contributed by atoms with E-state index in [1.165, 1.54) is 0 Å². The second-order valence-electron chi connectivity index (χ2n) is 6.72. The van der Waals surface area contributed by atoms with Gasteiger partial charge in [0, 0.05) is 25.8 Å². The Bertz CT molecular complexity index is 816. The Hall–Kier alpha value is -2.80. The van der Waals surface area contributed by atoms with Crippen molar-refractivity contribution in [3.05, 3.63) is 48.2 Å². The highest BCUT2D eigenvalue weighted by atomic mass is 16.6. The first-order valence-corrected chi connectivity index (χ1v) is 8.52. The molecular weight excluding hydrogens is 338 g/mol. The van der Waals surface area contributed by atoms with E-state index in [9.17, 15) is 14.7 Å². The smallest absolute Gasteiger partial charge is 0.314 e. The standard InChI is InChI=1S/C19H19NO6/c21-17(15-6-7-16(26-15)25-14-4-2-1-3-5-14)20-10-13-8-9-24-12-19(13,11-20)18(22)23/h1-7,13H,8-12H2,(H,22,23)/t13-,19+/m0/s1. The molecule has 0 aliphatic carbocycles. The second-order valence-corrected chi connectivity index (χ2v) is 6.72. The van der Waals surface area contributed by atoms with E-state index in [4.69, 9.17) is 13.9 Å². The minimum absolute atomic E-state index is 0.104. The van der Waals surface area contributed by atoms with Gasteiger partial charge in [-0.2, -0.15) is 0 Å². The topological polar surface area (TPSA) is 89.2 Å². The molecule has 0 bridgehead atoms. The third-order valence-electron chi connectivity index (χ3n) is 5.13. The zero-order valence-corrected chi connectivity index (χ0v) is 14.1. The summed E-state index contributed by atoms with van der Waals surface area (Å²) in [5.41, 5.74) is -1.02. The van der Waals surface area contributed by atoms with Crippen molar-refractivity contribution in [2.75, 3.05) is 26.3 Å². The molecule has 2 atom stereocenters. The highest BCUT2D eigenvalue weighted by molar-refractivity contribution is 5.92. The largest absolute Gasteiger partial charge is 0.481 e. The van der Waals surface area contributed by atoms with Crippen LogP contribution in [0.25, 0.3) is 0 Å². The molecule has 136 valence electrons. The van der Waals surface area contributed by atoms with Gasteiger partial charge in [-0.1, -0.05) is 18.2 Å². The predicted molar refractivity (Wildman–Crippen MR) is 90.1 cm³/mol. The van der Waals surface area contributed by atoms with Crippen molar-refractivity contribution in [2.45, 2.75) is 6.42 Å². The van der Waals surface area contributed by atoms with Gasteiger partial charge < -0.3 is 23.9 Å². The summed E-state index contributed by atoms with van der Waals surface area (Å²) in [4.78, 5) is 26.1. The van der Waals surface area contributed by atoms with Gasteiger partial charge in [0.2, 0.25) is 0 Å². The van der Waals surface area contributed by atoms with E-state index in [1.807, 2.05) is 18.2 Å². The Kier molecular flexibility index (Phi) is 4.16. The first-order chi connectivity index (χ1) is 12.6. The van der Waals surface area contributed by atoms with Crippen molar-refractivity contribution < 1.29 is 28.6 Å². The molecule has 2 aliphatic rings. The van der Waals surface area contributed by atoms with Crippen LogP contribution in [0.15, 0.2) is 46.9 Å². The van der Waals surface area contributed by atoms with Crippen molar-refractivity contribution in [3.8, 4) is 11.7 Å². The van der Waals surface area contributed by atoms with Crippen LogP contribution in [-0.4, -0.2) is 48.2 Å². The number of hydrogen-bond donors (Lipinski definition) is 1. The van der Waals surface area contributed by atoms with Crippen LogP contribution >= 0.6 is 0 Å². The minimum Gasteiger partial charge on any atom is -0.481 e. The van der Waals surface area contributed by atoms with Gasteiger partial charge >= 0.3 is 5.97 Å². The molecule has 26 heavy (non-hydrogen) atoms. The summed E-state index contributed by atoms with van der Waals surface area (Å²) < 4.78 is 16.5. The third kappa shape index (κ3) is 2.84. The van der Waals surface area contributed by atoms with Gasteiger partial charge in [-0.3, -0.25) is 9.59 Å². The van der Waals surface area contributed by atoms with Gasteiger partial charge in [-0.15, -0.1) is 0 Å². The average Bonchev–Trinajstić information content (AvgIpc) is 3.27. The fourth-order valence-corrected chi connectivity index (χ4v) is 3.70. The summed E-state index contributed by atoms with van der Waals surface area (Å²) in [6.07, 6.45) is 0.636. The van der Waals surface area contributed by atoms with Crippen LogP contribution in [0.3, 0.4) is 0 Å². The molecule has 1 N–H and O–H groups in total. The number of carbonyl (C=O) groups excluding carboxylic acids is 1. The monoisotopic (exact) mass is 357 g/mol. The number of para-hydroxylation sites is 1. The van der Waals surface area contributed by atoms with E-state index in [0.717, 1.165) is 0 Å². The van der Waals surface area contributed by atoms with E-state index >= 15 is 0 Å². The molecule has 7 nitrogen and oxygen atoms in total. The van der Waals surface area contributed by atoms with Gasteiger partial charge in [0.05, 0.1) is 6.61 Å². The second kappa shape index (κ2) is 6.49. The van der Waals surface area contributed by atoms with Crippen LogP contribution in [0.5, 0.6) is 11.7 Å². The average molecular weight is 357 g/mol. The number of aliphatic carboxylic acids is 1. The molecular formula is C19H19NO6. The summed E-state index contributed by atoms with van der Waals surface area (Å²) >= 11 is 0. The number of amides is 1. The summed E-state index contributed by atoms with van der Waals surface area (Å²) in [7, 11) is 0. The number of nitrogens with zero attached hydrogens (tertiary/aromatic N) is 1. The first kappa shape index (κ1) is 16.7. The SMILES string of the molecule is O=C(c1ccc(Oc2ccccc2)o1)N1C[C@@H]2CCOC[C@]2(C(=O)O)C1. The number of furan rings is 1. The number of carboxylic acids is 1. The minimum atomic E-state index is -1.02. The molecule has 1 aromatic carbocycles. The normalized spacial score (nSPS) is 24.9. The van der Waals surface area contributed by atoms with Gasteiger partial charge in [0.15, 0.2) is 5.76 Å². The Labute approximate surface area is 150 Å². The van der Waals surface area contributed by atoms with Gasteiger partial charge in [-0.05, 0) is 30.5 Å². The van der Waals surface area contributed by atoms with E-state index in [1.54, 1.807) is 29.2 Å².